The first-order chi connectivity index (χ1) is 7.39. The molecule has 1 aliphatic carbocycles. The molecule has 0 aromatic heterocycles. The summed E-state index contributed by atoms with van der Waals surface area (Å²) in [5, 5.41) is 3.43. The van der Waals surface area contributed by atoms with Gasteiger partial charge in [0.05, 0.1) is 7.11 Å². The summed E-state index contributed by atoms with van der Waals surface area (Å²) in [6.07, 6.45) is 3.36. The van der Waals surface area contributed by atoms with Gasteiger partial charge in [0.15, 0.2) is 0 Å². The van der Waals surface area contributed by atoms with E-state index in [0.717, 1.165) is 6.42 Å². The molecule has 0 aromatic carbocycles. The molecule has 0 amide bonds. The summed E-state index contributed by atoms with van der Waals surface area (Å²) in [6, 6.07) is 0.229. The van der Waals surface area contributed by atoms with Crippen LogP contribution in [0.1, 0.15) is 47.0 Å². The normalized spacial score (nSPS) is 21.6. The van der Waals surface area contributed by atoms with E-state index in [9.17, 15) is 4.79 Å². The molecule has 2 atom stereocenters. The van der Waals surface area contributed by atoms with Gasteiger partial charge in [-0.1, -0.05) is 20.8 Å². The van der Waals surface area contributed by atoms with Gasteiger partial charge in [-0.05, 0) is 37.5 Å². The molecule has 0 aromatic rings. The molecule has 0 heterocycles. The number of esters is 1. The number of carbonyl (C=O) groups is 1. The Morgan fingerprint density at radius 1 is 1.38 bits per heavy atom. The first-order valence-electron chi connectivity index (χ1n) is 6.23. The molecule has 1 aliphatic rings. The summed E-state index contributed by atoms with van der Waals surface area (Å²) in [7, 11) is 1.46. The van der Waals surface area contributed by atoms with E-state index < -0.39 is 0 Å². The molecule has 0 aliphatic heterocycles. The number of rotatable bonds is 6. The molecule has 94 valence electrons. The van der Waals surface area contributed by atoms with Gasteiger partial charge in [0.25, 0.3) is 0 Å². The largest absolute Gasteiger partial charge is 0.468 e. The minimum absolute atomic E-state index is 0.134. The molecular weight excluding hydrogens is 202 g/mol. The SMILES string of the molecule is COC(=O)C(CC(C)C)NC(C)C1(C)CC1. The highest BCUT2D eigenvalue weighted by Crippen LogP contribution is 2.48. The predicted octanol–water partition coefficient (Wildman–Crippen LogP) is 2.35. The van der Waals surface area contributed by atoms with Crippen molar-refractivity contribution in [3.05, 3.63) is 0 Å². The fourth-order valence-corrected chi connectivity index (χ4v) is 1.98. The number of carbonyl (C=O) groups excluding carboxylic acids is 1. The molecule has 2 unspecified atom stereocenters. The van der Waals surface area contributed by atoms with Crippen LogP contribution in [0.4, 0.5) is 0 Å². The summed E-state index contributed by atoms with van der Waals surface area (Å²) in [5.41, 5.74) is 0.392. The summed E-state index contributed by atoms with van der Waals surface area (Å²) < 4.78 is 4.85. The van der Waals surface area contributed by atoms with Gasteiger partial charge in [-0.3, -0.25) is 4.79 Å². The average molecular weight is 227 g/mol. The van der Waals surface area contributed by atoms with Crippen molar-refractivity contribution in [1.29, 1.82) is 0 Å². The Bertz CT molecular complexity index is 246. The maximum absolute atomic E-state index is 11.6. The third-order valence-electron chi connectivity index (χ3n) is 3.73. The zero-order valence-electron chi connectivity index (χ0n) is 11.2. The number of methoxy groups -OCH3 is 1. The van der Waals surface area contributed by atoms with Crippen molar-refractivity contribution < 1.29 is 9.53 Å². The van der Waals surface area contributed by atoms with Crippen molar-refractivity contribution in [2.24, 2.45) is 11.3 Å². The lowest BCUT2D eigenvalue weighted by Gasteiger charge is -2.26. The minimum Gasteiger partial charge on any atom is -0.468 e. The quantitative estimate of drug-likeness (QED) is 0.708. The van der Waals surface area contributed by atoms with E-state index in [4.69, 9.17) is 4.74 Å². The standard InChI is InChI=1S/C13H25NO2/c1-9(2)8-11(12(15)16-5)14-10(3)13(4)6-7-13/h9-11,14H,6-8H2,1-5H3. The molecule has 0 spiro atoms. The maximum Gasteiger partial charge on any atom is 0.322 e. The third kappa shape index (κ3) is 3.48. The fourth-order valence-electron chi connectivity index (χ4n) is 1.98. The number of hydrogen-bond acceptors (Lipinski definition) is 3. The predicted molar refractivity (Wildman–Crippen MR) is 65.2 cm³/mol. The molecule has 1 saturated carbocycles. The monoisotopic (exact) mass is 227 g/mol. The number of hydrogen-bond donors (Lipinski definition) is 1. The Balaban J connectivity index is 2.52. The smallest absolute Gasteiger partial charge is 0.322 e. The lowest BCUT2D eigenvalue weighted by atomic mass is 9.97. The second-order valence-corrected chi connectivity index (χ2v) is 5.75. The molecule has 16 heavy (non-hydrogen) atoms. The Morgan fingerprint density at radius 3 is 2.31 bits per heavy atom. The number of ether oxygens (including phenoxy) is 1. The molecule has 1 fully saturated rings. The van der Waals surface area contributed by atoms with Crippen LogP contribution in [-0.4, -0.2) is 25.2 Å². The van der Waals surface area contributed by atoms with E-state index in [1.165, 1.54) is 20.0 Å². The van der Waals surface area contributed by atoms with Crippen molar-refractivity contribution >= 4 is 5.97 Å². The molecule has 0 radical (unpaired) electrons. The molecule has 0 saturated heterocycles. The van der Waals surface area contributed by atoms with E-state index in [1.807, 2.05) is 0 Å². The Labute approximate surface area is 98.9 Å². The average Bonchev–Trinajstić information content (AvgIpc) is 2.95. The van der Waals surface area contributed by atoms with E-state index in [2.05, 4.69) is 33.0 Å². The van der Waals surface area contributed by atoms with Crippen molar-refractivity contribution in [3.8, 4) is 0 Å². The molecule has 0 bridgehead atoms. The van der Waals surface area contributed by atoms with Gasteiger partial charge >= 0.3 is 5.97 Å². The molecular formula is C13H25NO2. The van der Waals surface area contributed by atoms with E-state index in [-0.39, 0.29) is 12.0 Å². The van der Waals surface area contributed by atoms with Crippen LogP contribution in [0.3, 0.4) is 0 Å². The van der Waals surface area contributed by atoms with Crippen molar-refractivity contribution in [1.82, 2.24) is 5.32 Å². The summed E-state index contributed by atoms with van der Waals surface area (Å²) >= 11 is 0. The van der Waals surface area contributed by atoms with Gasteiger partial charge in [0.2, 0.25) is 0 Å². The maximum atomic E-state index is 11.6. The first kappa shape index (κ1) is 13.5. The van der Waals surface area contributed by atoms with Crippen LogP contribution in [0.15, 0.2) is 0 Å². The topological polar surface area (TPSA) is 38.3 Å². The Morgan fingerprint density at radius 2 is 1.94 bits per heavy atom. The summed E-state index contributed by atoms with van der Waals surface area (Å²) in [4.78, 5) is 11.6. The third-order valence-corrected chi connectivity index (χ3v) is 3.73. The molecule has 3 heteroatoms. The van der Waals surface area contributed by atoms with Gasteiger partial charge in [-0.15, -0.1) is 0 Å². The zero-order chi connectivity index (χ0) is 12.3. The van der Waals surface area contributed by atoms with Crippen molar-refractivity contribution in [2.45, 2.75) is 59.0 Å². The van der Waals surface area contributed by atoms with Gasteiger partial charge in [-0.2, -0.15) is 0 Å². The van der Waals surface area contributed by atoms with Crippen LogP contribution in [0.2, 0.25) is 0 Å². The van der Waals surface area contributed by atoms with Gasteiger partial charge in [0, 0.05) is 6.04 Å². The van der Waals surface area contributed by atoms with Gasteiger partial charge in [0.1, 0.15) is 6.04 Å². The van der Waals surface area contributed by atoms with Crippen LogP contribution in [0.25, 0.3) is 0 Å². The Kier molecular flexibility index (Phi) is 4.36. The molecule has 3 nitrogen and oxygen atoms in total. The molecule has 1 N–H and O–H groups in total. The number of nitrogens with one attached hydrogen (secondary N) is 1. The van der Waals surface area contributed by atoms with Crippen molar-refractivity contribution in [2.75, 3.05) is 7.11 Å². The highest BCUT2D eigenvalue weighted by Gasteiger charge is 2.43. The second-order valence-electron chi connectivity index (χ2n) is 5.75. The summed E-state index contributed by atoms with van der Waals surface area (Å²) in [6.45, 7) is 8.69. The van der Waals surface area contributed by atoms with Crippen LogP contribution < -0.4 is 5.32 Å². The lowest BCUT2D eigenvalue weighted by Crippen LogP contribution is -2.46. The molecule has 1 rings (SSSR count). The highest BCUT2D eigenvalue weighted by atomic mass is 16.5. The van der Waals surface area contributed by atoms with E-state index >= 15 is 0 Å². The van der Waals surface area contributed by atoms with Crippen molar-refractivity contribution in [3.63, 3.8) is 0 Å². The first-order valence-corrected chi connectivity index (χ1v) is 6.23. The minimum atomic E-state index is -0.155. The lowest BCUT2D eigenvalue weighted by molar-refractivity contribution is -0.143. The van der Waals surface area contributed by atoms with Crippen LogP contribution >= 0.6 is 0 Å². The summed E-state index contributed by atoms with van der Waals surface area (Å²) in [5.74, 6) is 0.362. The van der Waals surface area contributed by atoms with Gasteiger partial charge < -0.3 is 10.1 Å². The van der Waals surface area contributed by atoms with Gasteiger partial charge in [-0.25, -0.2) is 0 Å². The van der Waals surface area contributed by atoms with E-state index in [1.54, 1.807) is 0 Å². The highest BCUT2D eigenvalue weighted by molar-refractivity contribution is 5.75. The van der Waals surface area contributed by atoms with Crippen LogP contribution in [-0.2, 0) is 9.53 Å². The van der Waals surface area contributed by atoms with Crippen LogP contribution in [0.5, 0.6) is 0 Å². The van der Waals surface area contributed by atoms with Crippen LogP contribution in [0, 0.1) is 11.3 Å². The second kappa shape index (κ2) is 5.17. The van der Waals surface area contributed by atoms with E-state index in [0.29, 0.717) is 17.4 Å². The Hall–Kier alpha value is -0.570. The zero-order valence-corrected chi connectivity index (χ0v) is 11.2. The fraction of sp³-hybridized carbons (Fsp3) is 0.923.